The number of ether oxygens (including phenoxy) is 2. The molecule has 94 valence electrons. The summed E-state index contributed by atoms with van der Waals surface area (Å²) in [5.41, 5.74) is -0.197. The minimum Gasteiger partial charge on any atom is -0.496 e. The molecule has 6 nitrogen and oxygen atoms in total. The molecule has 0 spiro atoms. The van der Waals surface area contributed by atoms with Gasteiger partial charge in [-0.3, -0.25) is 19.2 Å². The highest BCUT2D eigenvalue weighted by Crippen LogP contribution is 2.29. The van der Waals surface area contributed by atoms with Gasteiger partial charge in [0.1, 0.15) is 11.5 Å². The van der Waals surface area contributed by atoms with Crippen molar-refractivity contribution < 1.29 is 28.7 Å². The van der Waals surface area contributed by atoms with E-state index in [2.05, 4.69) is 0 Å². The fourth-order valence-electron chi connectivity index (χ4n) is 1.41. The van der Waals surface area contributed by atoms with Crippen molar-refractivity contribution in [3.05, 3.63) is 23.3 Å². The van der Waals surface area contributed by atoms with Gasteiger partial charge in [0.25, 0.3) is 0 Å². The first-order valence-corrected chi connectivity index (χ1v) is 4.84. The molecule has 0 radical (unpaired) electrons. The van der Waals surface area contributed by atoms with Crippen LogP contribution in [0, 0.1) is 0 Å². The molecule has 6 heteroatoms. The van der Waals surface area contributed by atoms with Gasteiger partial charge in [-0.15, -0.1) is 0 Å². The van der Waals surface area contributed by atoms with E-state index in [9.17, 15) is 19.2 Å². The molecule has 0 atom stereocenters. The first kappa shape index (κ1) is 13.6. The molecule has 0 aromatic heterocycles. The number of carbonyl (C=O) groups excluding carboxylic acids is 4. The van der Waals surface area contributed by atoms with Crippen LogP contribution in [0.2, 0.25) is 0 Å². The van der Waals surface area contributed by atoms with Gasteiger partial charge in [-0.05, 0) is 6.07 Å². The summed E-state index contributed by atoms with van der Waals surface area (Å²) in [6, 6.07) is 2.37. The molecule has 1 rings (SSSR count). The van der Waals surface area contributed by atoms with Crippen LogP contribution < -0.4 is 9.47 Å². The van der Waals surface area contributed by atoms with Crippen molar-refractivity contribution in [3.63, 3.8) is 0 Å². The summed E-state index contributed by atoms with van der Waals surface area (Å²) in [5.74, 6) is -1.53. The Morgan fingerprint density at radius 1 is 0.889 bits per heavy atom. The van der Waals surface area contributed by atoms with E-state index < -0.39 is 11.6 Å². The van der Waals surface area contributed by atoms with E-state index in [1.165, 1.54) is 20.3 Å². The fraction of sp³-hybridized carbons (Fsp3) is 0.167. The number of hydrogen-bond acceptors (Lipinski definition) is 6. The van der Waals surface area contributed by atoms with Crippen LogP contribution >= 0.6 is 0 Å². The molecule has 0 aliphatic heterocycles. The lowest BCUT2D eigenvalue weighted by molar-refractivity contribution is -0.105. The molecule has 0 unspecified atom stereocenters. The molecule has 0 amide bonds. The number of aldehydes is 2. The van der Waals surface area contributed by atoms with Gasteiger partial charge in [0.15, 0.2) is 12.6 Å². The first-order valence-electron chi connectivity index (χ1n) is 4.84. The number of Topliss-reactive ketones (excluding diaryl/α,β-unsaturated/α-hetero) is 2. The Bertz CT molecular complexity index is 474. The lowest BCUT2D eigenvalue weighted by atomic mass is 10.0. The predicted octanol–water partition coefficient (Wildman–Crippen LogP) is 0.467. The summed E-state index contributed by atoms with van der Waals surface area (Å²) in [4.78, 5) is 43.7. The number of hydrogen-bond donors (Lipinski definition) is 0. The summed E-state index contributed by atoms with van der Waals surface area (Å²) < 4.78 is 9.84. The molecule has 0 heterocycles. The number of rotatable bonds is 6. The summed E-state index contributed by atoms with van der Waals surface area (Å²) in [5, 5.41) is 0. The van der Waals surface area contributed by atoms with Crippen LogP contribution in [0.5, 0.6) is 11.5 Å². The van der Waals surface area contributed by atoms with Crippen LogP contribution in [0.3, 0.4) is 0 Å². The number of carbonyl (C=O) groups is 4. The van der Waals surface area contributed by atoms with Gasteiger partial charge < -0.3 is 9.47 Å². The molecule has 0 saturated heterocycles. The average Bonchev–Trinajstić information content (AvgIpc) is 2.43. The lowest BCUT2D eigenvalue weighted by Gasteiger charge is -2.11. The maximum absolute atomic E-state index is 11.4. The Morgan fingerprint density at radius 2 is 1.28 bits per heavy atom. The van der Waals surface area contributed by atoms with Gasteiger partial charge in [-0.25, -0.2) is 0 Å². The minimum absolute atomic E-state index is 0.0893. The molecule has 0 saturated carbocycles. The number of ketones is 2. The molecule has 1 aromatic rings. The Kier molecular flexibility index (Phi) is 4.31. The summed E-state index contributed by atoms with van der Waals surface area (Å²) in [6.45, 7) is 0. The molecule has 0 bridgehead atoms. The van der Waals surface area contributed by atoms with Gasteiger partial charge in [-0.1, -0.05) is 0 Å². The zero-order valence-corrected chi connectivity index (χ0v) is 9.76. The highest BCUT2D eigenvalue weighted by atomic mass is 16.5. The molecule has 0 N–H and O–H groups in total. The van der Waals surface area contributed by atoms with Crippen molar-refractivity contribution in [3.8, 4) is 11.5 Å². The van der Waals surface area contributed by atoms with E-state index in [1.807, 2.05) is 0 Å². The molecular weight excluding hydrogens is 240 g/mol. The smallest absolute Gasteiger partial charge is 0.229 e. The van der Waals surface area contributed by atoms with E-state index in [0.717, 1.165) is 6.07 Å². The Morgan fingerprint density at radius 3 is 1.56 bits per heavy atom. The minimum atomic E-state index is -0.852. The van der Waals surface area contributed by atoms with Crippen molar-refractivity contribution in [2.45, 2.75) is 0 Å². The van der Waals surface area contributed by atoms with Gasteiger partial charge in [0.05, 0.1) is 25.3 Å². The quantitative estimate of drug-likeness (QED) is 0.414. The zero-order valence-electron chi connectivity index (χ0n) is 9.76. The molecule has 0 fully saturated rings. The van der Waals surface area contributed by atoms with Crippen molar-refractivity contribution in [2.75, 3.05) is 14.2 Å². The summed E-state index contributed by atoms with van der Waals surface area (Å²) >= 11 is 0. The number of benzene rings is 1. The number of methoxy groups -OCH3 is 2. The summed E-state index contributed by atoms with van der Waals surface area (Å²) in [6.07, 6.45) is 0.193. The van der Waals surface area contributed by atoms with Gasteiger partial charge in [0, 0.05) is 6.07 Å². The van der Waals surface area contributed by atoms with Crippen LogP contribution in [0.1, 0.15) is 20.7 Å². The van der Waals surface area contributed by atoms with Gasteiger partial charge in [-0.2, -0.15) is 0 Å². The Hall–Kier alpha value is -2.50. The maximum Gasteiger partial charge on any atom is 0.229 e. The second-order valence-corrected chi connectivity index (χ2v) is 3.22. The first-order chi connectivity index (χ1) is 8.58. The molecule has 0 aliphatic rings. The van der Waals surface area contributed by atoms with E-state index in [-0.39, 0.29) is 35.2 Å². The zero-order chi connectivity index (χ0) is 13.7. The van der Waals surface area contributed by atoms with Crippen LogP contribution in [0.4, 0.5) is 0 Å². The third-order valence-corrected chi connectivity index (χ3v) is 2.27. The lowest BCUT2D eigenvalue weighted by Crippen LogP contribution is -2.09. The Labute approximate surface area is 102 Å². The monoisotopic (exact) mass is 250 g/mol. The normalized spacial score (nSPS) is 9.44. The van der Waals surface area contributed by atoms with Crippen molar-refractivity contribution in [1.29, 1.82) is 0 Å². The largest absolute Gasteiger partial charge is 0.496 e. The second-order valence-electron chi connectivity index (χ2n) is 3.22. The standard InChI is InChI=1S/C12H10O6/c1-17-11-4-12(18-2)8(10(16)6-14)3-7(11)9(15)5-13/h3-6H,1-2H3. The highest BCUT2D eigenvalue weighted by Gasteiger charge is 2.20. The van der Waals surface area contributed by atoms with Crippen LogP contribution in [0.15, 0.2) is 12.1 Å². The highest BCUT2D eigenvalue weighted by molar-refractivity contribution is 6.37. The Balaban J connectivity index is 3.52. The van der Waals surface area contributed by atoms with E-state index in [0.29, 0.717) is 0 Å². The van der Waals surface area contributed by atoms with Crippen LogP contribution in [0.25, 0.3) is 0 Å². The van der Waals surface area contributed by atoms with Crippen molar-refractivity contribution >= 4 is 24.1 Å². The molecule has 0 aliphatic carbocycles. The third kappa shape index (κ3) is 2.42. The third-order valence-electron chi connectivity index (χ3n) is 2.27. The topological polar surface area (TPSA) is 86.7 Å². The van der Waals surface area contributed by atoms with E-state index >= 15 is 0 Å². The summed E-state index contributed by atoms with van der Waals surface area (Å²) in [7, 11) is 2.61. The molecule has 18 heavy (non-hydrogen) atoms. The van der Waals surface area contributed by atoms with Crippen molar-refractivity contribution in [1.82, 2.24) is 0 Å². The maximum atomic E-state index is 11.4. The van der Waals surface area contributed by atoms with Gasteiger partial charge >= 0.3 is 0 Å². The predicted molar refractivity (Wildman–Crippen MR) is 60.3 cm³/mol. The second kappa shape index (κ2) is 5.72. The fourth-order valence-corrected chi connectivity index (χ4v) is 1.41. The van der Waals surface area contributed by atoms with Crippen LogP contribution in [-0.4, -0.2) is 38.4 Å². The van der Waals surface area contributed by atoms with Gasteiger partial charge in [0.2, 0.25) is 11.6 Å². The van der Waals surface area contributed by atoms with Crippen LogP contribution in [-0.2, 0) is 9.59 Å². The van der Waals surface area contributed by atoms with E-state index in [1.54, 1.807) is 0 Å². The van der Waals surface area contributed by atoms with E-state index in [4.69, 9.17) is 9.47 Å². The van der Waals surface area contributed by atoms with Crippen molar-refractivity contribution in [2.24, 2.45) is 0 Å². The molecular formula is C12H10O6. The SMILES string of the molecule is COc1cc(OC)c(C(=O)C=O)cc1C(=O)C=O. The molecule has 1 aromatic carbocycles. The average molecular weight is 250 g/mol.